The Balaban J connectivity index is 1.88. The van der Waals surface area contributed by atoms with Crippen molar-refractivity contribution in [1.82, 2.24) is 19.5 Å². The standard InChI is InChI=1S/C16H26N4O4S/c1-3-7-19(12-14-5-4-6-17-10-14)16(21)18-11-15-13-20(8-9-24-15)25(2,22)23/h4-6,10,15H,3,7-9,11-13H2,1-2H3,(H,18,21). The Bertz CT molecular complexity index is 653. The second kappa shape index (κ2) is 9.12. The number of hydrogen-bond acceptors (Lipinski definition) is 5. The Morgan fingerprint density at radius 2 is 2.32 bits per heavy atom. The Labute approximate surface area is 149 Å². The molecule has 0 aromatic carbocycles. The zero-order valence-electron chi connectivity index (χ0n) is 14.7. The normalized spacial score (nSPS) is 18.7. The number of sulfonamides is 1. The number of pyridine rings is 1. The number of ether oxygens (including phenoxy) is 1. The first-order valence-corrected chi connectivity index (χ1v) is 10.2. The van der Waals surface area contributed by atoms with Crippen molar-refractivity contribution in [3.8, 4) is 0 Å². The van der Waals surface area contributed by atoms with Crippen LogP contribution in [0.1, 0.15) is 18.9 Å². The van der Waals surface area contributed by atoms with Gasteiger partial charge in [-0.2, -0.15) is 4.31 Å². The van der Waals surface area contributed by atoms with Crippen LogP contribution in [-0.2, 0) is 21.3 Å². The number of carbonyl (C=O) groups excluding carboxylic acids is 1. The number of carbonyl (C=O) groups is 1. The number of rotatable bonds is 7. The van der Waals surface area contributed by atoms with Crippen molar-refractivity contribution in [3.63, 3.8) is 0 Å². The summed E-state index contributed by atoms with van der Waals surface area (Å²) in [4.78, 5) is 18.2. The molecule has 140 valence electrons. The lowest BCUT2D eigenvalue weighted by Gasteiger charge is -2.32. The van der Waals surface area contributed by atoms with Crippen molar-refractivity contribution in [1.29, 1.82) is 0 Å². The second-order valence-corrected chi connectivity index (χ2v) is 8.07. The van der Waals surface area contributed by atoms with Gasteiger partial charge in [0.15, 0.2) is 0 Å². The van der Waals surface area contributed by atoms with Crippen molar-refractivity contribution in [3.05, 3.63) is 30.1 Å². The summed E-state index contributed by atoms with van der Waals surface area (Å²) in [5.41, 5.74) is 0.961. The van der Waals surface area contributed by atoms with E-state index in [-0.39, 0.29) is 25.2 Å². The molecule has 0 bridgehead atoms. The maximum absolute atomic E-state index is 12.5. The quantitative estimate of drug-likeness (QED) is 0.761. The van der Waals surface area contributed by atoms with Crippen molar-refractivity contribution in [2.75, 3.05) is 39.0 Å². The predicted molar refractivity (Wildman–Crippen MR) is 94.5 cm³/mol. The van der Waals surface area contributed by atoms with Gasteiger partial charge in [-0.15, -0.1) is 0 Å². The fraction of sp³-hybridized carbons (Fsp3) is 0.625. The van der Waals surface area contributed by atoms with Crippen LogP contribution >= 0.6 is 0 Å². The van der Waals surface area contributed by atoms with Crippen LogP contribution in [0.4, 0.5) is 4.79 Å². The van der Waals surface area contributed by atoms with Gasteiger partial charge in [0.05, 0.1) is 19.0 Å². The molecule has 1 saturated heterocycles. The number of urea groups is 1. The Hall–Kier alpha value is -1.71. The molecule has 1 aromatic rings. The number of nitrogens with zero attached hydrogens (tertiary/aromatic N) is 3. The minimum atomic E-state index is -3.24. The van der Waals surface area contributed by atoms with Gasteiger partial charge in [0.2, 0.25) is 10.0 Å². The molecule has 0 radical (unpaired) electrons. The lowest BCUT2D eigenvalue weighted by atomic mass is 10.2. The Kier molecular flexibility index (Phi) is 7.15. The van der Waals surface area contributed by atoms with Crippen molar-refractivity contribution in [2.24, 2.45) is 0 Å². The van der Waals surface area contributed by atoms with E-state index in [1.54, 1.807) is 17.3 Å². The number of morpholine rings is 1. The topological polar surface area (TPSA) is 91.8 Å². The zero-order valence-corrected chi connectivity index (χ0v) is 15.5. The van der Waals surface area contributed by atoms with Gasteiger partial charge in [-0.3, -0.25) is 4.98 Å². The molecule has 9 heteroatoms. The second-order valence-electron chi connectivity index (χ2n) is 6.08. The molecular weight excluding hydrogens is 344 g/mol. The van der Waals surface area contributed by atoms with Crippen LogP contribution in [0.5, 0.6) is 0 Å². The molecule has 0 spiro atoms. The molecule has 25 heavy (non-hydrogen) atoms. The van der Waals surface area contributed by atoms with Crippen LogP contribution in [0.25, 0.3) is 0 Å². The average Bonchev–Trinajstić information content (AvgIpc) is 2.60. The monoisotopic (exact) mass is 370 g/mol. The summed E-state index contributed by atoms with van der Waals surface area (Å²) < 4.78 is 30.2. The van der Waals surface area contributed by atoms with Crippen molar-refractivity contribution < 1.29 is 17.9 Å². The molecular formula is C16H26N4O4S. The van der Waals surface area contributed by atoms with Crippen LogP contribution in [0.15, 0.2) is 24.5 Å². The van der Waals surface area contributed by atoms with Crippen molar-refractivity contribution >= 4 is 16.1 Å². The highest BCUT2D eigenvalue weighted by Crippen LogP contribution is 2.09. The summed E-state index contributed by atoms with van der Waals surface area (Å²) in [6.07, 6.45) is 5.13. The molecule has 1 unspecified atom stereocenters. The molecule has 1 aromatic heterocycles. The maximum Gasteiger partial charge on any atom is 0.317 e. The fourth-order valence-electron chi connectivity index (χ4n) is 2.66. The van der Waals surface area contributed by atoms with E-state index in [0.29, 0.717) is 26.2 Å². The summed E-state index contributed by atoms with van der Waals surface area (Å²) >= 11 is 0. The average molecular weight is 370 g/mol. The number of amides is 2. The third-order valence-corrected chi connectivity index (χ3v) is 5.20. The van der Waals surface area contributed by atoms with Crippen molar-refractivity contribution in [2.45, 2.75) is 26.0 Å². The van der Waals surface area contributed by atoms with Crippen LogP contribution in [0.3, 0.4) is 0 Å². The third-order valence-electron chi connectivity index (χ3n) is 3.93. The largest absolute Gasteiger partial charge is 0.374 e. The van der Waals surface area contributed by atoms with Gasteiger partial charge in [0.25, 0.3) is 0 Å². The molecule has 2 amide bonds. The lowest BCUT2D eigenvalue weighted by Crippen LogP contribution is -2.51. The highest BCUT2D eigenvalue weighted by molar-refractivity contribution is 7.88. The van der Waals surface area contributed by atoms with Gasteiger partial charge in [0.1, 0.15) is 0 Å². The summed E-state index contributed by atoms with van der Waals surface area (Å²) in [6, 6.07) is 3.58. The number of aromatic nitrogens is 1. The van der Waals surface area contributed by atoms with Gasteiger partial charge in [0, 0.05) is 45.1 Å². The van der Waals surface area contributed by atoms with Gasteiger partial charge in [-0.1, -0.05) is 13.0 Å². The molecule has 1 aliphatic rings. The van der Waals surface area contributed by atoms with Gasteiger partial charge >= 0.3 is 6.03 Å². The first-order chi connectivity index (χ1) is 11.9. The summed E-state index contributed by atoms with van der Waals surface area (Å²) in [6.45, 7) is 4.34. The summed E-state index contributed by atoms with van der Waals surface area (Å²) in [5, 5.41) is 2.85. The van der Waals surface area contributed by atoms with E-state index in [2.05, 4.69) is 10.3 Å². The molecule has 8 nitrogen and oxygen atoms in total. The SMILES string of the molecule is CCCN(Cc1cccnc1)C(=O)NCC1CN(S(C)(=O)=O)CCO1. The van der Waals surface area contributed by atoms with E-state index < -0.39 is 10.0 Å². The van der Waals surface area contributed by atoms with E-state index in [1.807, 2.05) is 19.1 Å². The molecule has 2 rings (SSSR count). The Morgan fingerprint density at radius 3 is 2.96 bits per heavy atom. The third kappa shape index (κ3) is 6.26. The minimum absolute atomic E-state index is 0.189. The fourth-order valence-corrected chi connectivity index (χ4v) is 3.51. The van der Waals surface area contributed by atoms with Crippen LogP contribution < -0.4 is 5.32 Å². The molecule has 2 heterocycles. The molecule has 1 N–H and O–H groups in total. The summed E-state index contributed by atoms with van der Waals surface area (Å²) in [7, 11) is -3.24. The number of hydrogen-bond donors (Lipinski definition) is 1. The van der Waals surface area contributed by atoms with E-state index in [0.717, 1.165) is 12.0 Å². The lowest BCUT2D eigenvalue weighted by molar-refractivity contribution is 0.000860. The highest BCUT2D eigenvalue weighted by Gasteiger charge is 2.27. The molecule has 1 atom stereocenters. The van der Waals surface area contributed by atoms with Crippen LogP contribution in [0.2, 0.25) is 0 Å². The number of nitrogens with one attached hydrogen (secondary N) is 1. The highest BCUT2D eigenvalue weighted by atomic mass is 32.2. The van der Waals surface area contributed by atoms with Gasteiger partial charge in [-0.05, 0) is 18.1 Å². The molecule has 0 saturated carbocycles. The minimum Gasteiger partial charge on any atom is -0.374 e. The first kappa shape index (κ1) is 19.6. The summed E-state index contributed by atoms with van der Waals surface area (Å²) in [5.74, 6) is 0. The first-order valence-electron chi connectivity index (χ1n) is 8.38. The van der Waals surface area contributed by atoms with E-state index in [9.17, 15) is 13.2 Å². The zero-order chi connectivity index (χ0) is 18.3. The van der Waals surface area contributed by atoms with E-state index in [1.165, 1.54) is 10.6 Å². The van der Waals surface area contributed by atoms with Gasteiger partial charge in [-0.25, -0.2) is 13.2 Å². The predicted octanol–water partition coefficient (Wildman–Crippen LogP) is 0.664. The molecule has 1 fully saturated rings. The Morgan fingerprint density at radius 1 is 1.52 bits per heavy atom. The van der Waals surface area contributed by atoms with E-state index in [4.69, 9.17) is 4.74 Å². The molecule has 0 aliphatic carbocycles. The van der Waals surface area contributed by atoms with E-state index >= 15 is 0 Å². The van der Waals surface area contributed by atoms with Gasteiger partial charge < -0.3 is 15.0 Å². The molecule has 1 aliphatic heterocycles. The van der Waals surface area contributed by atoms with Crippen LogP contribution in [-0.4, -0.2) is 73.8 Å². The maximum atomic E-state index is 12.5. The smallest absolute Gasteiger partial charge is 0.317 e. The van der Waals surface area contributed by atoms with Crippen LogP contribution in [0, 0.1) is 0 Å².